The van der Waals surface area contributed by atoms with Crippen molar-refractivity contribution < 1.29 is 23.5 Å². The number of benzene rings is 1. The van der Waals surface area contributed by atoms with Crippen molar-refractivity contribution in [3.05, 3.63) is 52.1 Å². The molecule has 1 amide bonds. The van der Waals surface area contributed by atoms with Crippen molar-refractivity contribution in [3.8, 4) is 6.07 Å². The molecule has 0 radical (unpaired) electrons. The van der Waals surface area contributed by atoms with Gasteiger partial charge in [0.1, 0.15) is 16.2 Å². The molecule has 4 rings (SSSR count). The van der Waals surface area contributed by atoms with E-state index in [4.69, 9.17) is 26.5 Å². The van der Waals surface area contributed by atoms with Crippen molar-refractivity contribution in [1.82, 2.24) is 9.88 Å². The van der Waals surface area contributed by atoms with E-state index in [1.54, 1.807) is 12.1 Å². The Bertz CT molecular complexity index is 1110. The number of carbonyl (C=O) groups excluding carboxylic acids is 1. The Labute approximate surface area is 199 Å². The highest BCUT2D eigenvalue weighted by molar-refractivity contribution is 8.26. The van der Waals surface area contributed by atoms with Gasteiger partial charge in [0.25, 0.3) is 11.9 Å². The van der Waals surface area contributed by atoms with E-state index in [0.717, 1.165) is 56.6 Å². The predicted molar refractivity (Wildman–Crippen MR) is 126 cm³/mol. The lowest BCUT2D eigenvalue weighted by Gasteiger charge is -2.25. The van der Waals surface area contributed by atoms with Crippen molar-refractivity contribution in [2.24, 2.45) is 0 Å². The summed E-state index contributed by atoms with van der Waals surface area (Å²) in [6.07, 6.45) is 4.78. The van der Waals surface area contributed by atoms with Crippen LogP contribution in [0, 0.1) is 17.1 Å². The molecule has 11 heteroatoms. The first kappa shape index (κ1) is 24.4. The van der Waals surface area contributed by atoms with Crippen molar-refractivity contribution in [2.75, 3.05) is 18.0 Å². The summed E-state index contributed by atoms with van der Waals surface area (Å²) in [5.74, 6) is -0.758. The normalized spacial score (nSPS) is 17.1. The lowest BCUT2D eigenvalue weighted by molar-refractivity contribution is -0.134. The molecule has 0 saturated carbocycles. The molecule has 1 aromatic carbocycles. The van der Waals surface area contributed by atoms with Gasteiger partial charge in [-0.05, 0) is 37.0 Å². The molecule has 2 aromatic rings. The van der Waals surface area contributed by atoms with Crippen molar-refractivity contribution >= 4 is 52.1 Å². The third kappa shape index (κ3) is 6.40. The van der Waals surface area contributed by atoms with Crippen LogP contribution in [0.15, 0.2) is 33.6 Å². The Morgan fingerprint density at radius 3 is 2.58 bits per heavy atom. The van der Waals surface area contributed by atoms with Crippen LogP contribution in [0.3, 0.4) is 0 Å². The number of piperidine rings is 1. The average molecular weight is 489 g/mol. The topological polar surface area (TPSA) is 111 Å². The minimum Gasteiger partial charge on any atom is -0.481 e. The summed E-state index contributed by atoms with van der Waals surface area (Å²) in [7, 11) is 0. The molecule has 3 heterocycles. The van der Waals surface area contributed by atoms with E-state index in [-0.39, 0.29) is 29.9 Å². The van der Waals surface area contributed by atoms with Crippen molar-refractivity contribution in [2.45, 2.75) is 32.7 Å². The Kier molecular flexibility index (Phi) is 8.19. The third-order valence-electron chi connectivity index (χ3n) is 4.76. The van der Waals surface area contributed by atoms with Crippen LogP contribution >= 0.6 is 24.0 Å². The molecule has 2 saturated heterocycles. The zero-order valence-corrected chi connectivity index (χ0v) is 19.4. The molecule has 0 unspecified atom stereocenters. The van der Waals surface area contributed by atoms with E-state index in [9.17, 15) is 14.4 Å². The zero-order valence-electron chi connectivity index (χ0n) is 17.8. The van der Waals surface area contributed by atoms with Gasteiger partial charge in [-0.1, -0.05) is 36.1 Å². The summed E-state index contributed by atoms with van der Waals surface area (Å²) in [6.45, 7) is 2.99. The van der Waals surface area contributed by atoms with Crippen LogP contribution in [0.25, 0.3) is 6.08 Å². The fourth-order valence-electron chi connectivity index (χ4n) is 3.29. The third-order valence-corrected chi connectivity index (χ3v) is 6.13. The molecular formula is C22H21FN4O4S2. The van der Waals surface area contributed by atoms with Crippen LogP contribution in [0.4, 0.5) is 10.3 Å². The number of carboxylic acids is 1. The molecule has 0 spiro atoms. The molecular weight excluding hydrogens is 467 g/mol. The van der Waals surface area contributed by atoms with Crippen LogP contribution in [-0.2, 0) is 16.1 Å². The minimum absolute atomic E-state index is 0.212. The molecule has 172 valence electrons. The van der Waals surface area contributed by atoms with Gasteiger partial charge in [0.15, 0.2) is 0 Å². The Morgan fingerprint density at radius 1 is 1.33 bits per heavy atom. The van der Waals surface area contributed by atoms with E-state index >= 15 is 0 Å². The summed E-state index contributed by atoms with van der Waals surface area (Å²) >= 11 is 6.49. The first-order valence-electron chi connectivity index (χ1n) is 10.1. The average Bonchev–Trinajstić information content (AvgIpc) is 3.31. The first-order chi connectivity index (χ1) is 15.8. The second-order valence-corrected chi connectivity index (χ2v) is 8.95. The van der Waals surface area contributed by atoms with Gasteiger partial charge in [-0.15, -0.1) is 0 Å². The van der Waals surface area contributed by atoms with E-state index in [1.165, 1.54) is 23.1 Å². The van der Waals surface area contributed by atoms with E-state index in [1.807, 2.05) is 4.90 Å². The molecule has 33 heavy (non-hydrogen) atoms. The number of aliphatic carboxylic acids is 1. The van der Waals surface area contributed by atoms with Gasteiger partial charge in [0, 0.05) is 26.1 Å². The Balaban J connectivity index is 0.000000709. The molecule has 0 aliphatic carbocycles. The summed E-state index contributed by atoms with van der Waals surface area (Å²) in [5, 5.41) is 16.8. The molecule has 0 atom stereocenters. The number of hydrogen-bond acceptors (Lipinski definition) is 8. The number of nitriles is 1. The van der Waals surface area contributed by atoms with Gasteiger partial charge in [-0.25, -0.2) is 4.39 Å². The van der Waals surface area contributed by atoms with Gasteiger partial charge in [-0.3, -0.25) is 14.5 Å². The number of amides is 1. The quantitative estimate of drug-likeness (QED) is 0.501. The van der Waals surface area contributed by atoms with Crippen LogP contribution in [-0.4, -0.2) is 44.3 Å². The number of aromatic nitrogens is 1. The van der Waals surface area contributed by atoms with E-state index < -0.39 is 5.97 Å². The maximum Gasteiger partial charge on any atom is 0.300 e. The van der Waals surface area contributed by atoms with Gasteiger partial charge in [-0.2, -0.15) is 10.2 Å². The number of rotatable bonds is 4. The number of carbonyl (C=O) groups is 2. The number of carboxylic acid groups (broad SMARTS) is 1. The number of hydrogen-bond donors (Lipinski definition) is 1. The number of thiocarbonyl (C=S) groups is 1. The maximum atomic E-state index is 13.1. The molecule has 1 aromatic heterocycles. The maximum absolute atomic E-state index is 13.1. The lowest BCUT2D eigenvalue weighted by Crippen LogP contribution is -2.29. The fourth-order valence-corrected chi connectivity index (χ4v) is 4.51. The largest absolute Gasteiger partial charge is 0.481 e. The Morgan fingerprint density at radius 2 is 1.97 bits per heavy atom. The second-order valence-electron chi connectivity index (χ2n) is 7.28. The van der Waals surface area contributed by atoms with E-state index in [2.05, 4.69) is 11.1 Å². The first-order valence-corrected chi connectivity index (χ1v) is 11.4. The number of thioether (sulfide) groups is 1. The highest BCUT2D eigenvalue weighted by atomic mass is 32.2. The number of nitrogens with zero attached hydrogens (tertiary/aromatic N) is 4. The van der Waals surface area contributed by atoms with Crippen molar-refractivity contribution in [1.29, 1.82) is 5.26 Å². The number of halogens is 1. The van der Waals surface area contributed by atoms with Crippen LogP contribution in [0.1, 0.15) is 43.3 Å². The van der Waals surface area contributed by atoms with Gasteiger partial charge >= 0.3 is 0 Å². The summed E-state index contributed by atoms with van der Waals surface area (Å²) in [5.41, 5.74) is 0.999. The minimum atomic E-state index is -0.833. The Hall–Kier alpha value is -3.23. The van der Waals surface area contributed by atoms with Crippen LogP contribution in [0.5, 0.6) is 0 Å². The fraction of sp³-hybridized carbons (Fsp3) is 0.318. The molecule has 1 N–H and O–H groups in total. The van der Waals surface area contributed by atoms with Crippen LogP contribution in [0.2, 0.25) is 0 Å². The predicted octanol–water partition coefficient (Wildman–Crippen LogP) is 4.17. The number of oxazole rings is 1. The zero-order chi connectivity index (χ0) is 24.0. The summed E-state index contributed by atoms with van der Waals surface area (Å²) < 4.78 is 19.3. The summed E-state index contributed by atoms with van der Waals surface area (Å²) in [6, 6.07) is 8.01. The van der Waals surface area contributed by atoms with Gasteiger partial charge in [0.05, 0.1) is 11.4 Å². The summed E-state index contributed by atoms with van der Waals surface area (Å²) in [4.78, 5) is 29.9. The SMILES string of the molecule is CC(=O)O.N#Cc1nc(/C=C2\SC(=S)N(Cc3ccc(F)cc3)C2=O)oc1N1CCCCC1. The monoisotopic (exact) mass is 488 g/mol. The molecule has 2 fully saturated rings. The molecule has 2 aliphatic rings. The highest BCUT2D eigenvalue weighted by Gasteiger charge is 2.33. The number of anilines is 1. The van der Waals surface area contributed by atoms with Crippen LogP contribution < -0.4 is 4.90 Å². The highest BCUT2D eigenvalue weighted by Crippen LogP contribution is 2.34. The van der Waals surface area contributed by atoms with Crippen molar-refractivity contribution in [3.63, 3.8) is 0 Å². The lowest BCUT2D eigenvalue weighted by atomic mass is 10.1. The molecule has 8 nitrogen and oxygen atoms in total. The molecule has 2 aliphatic heterocycles. The van der Waals surface area contributed by atoms with E-state index in [0.29, 0.717) is 15.1 Å². The molecule has 0 bridgehead atoms. The van der Waals surface area contributed by atoms with Gasteiger partial charge in [0.2, 0.25) is 17.5 Å². The smallest absolute Gasteiger partial charge is 0.300 e. The second kappa shape index (κ2) is 11.1. The standard InChI is InChI=1S/C20H17FN4O2S2.C2H4O2/c21-14-6-4-13(5-7-14)12-25-18(26)16(29-20(25)28)10-17-23-15(11-22)19(27-17)24-8-2-1-3-9-24;1-2(3)4/h4-7,10H,1-3,8-9,12H2;1H3,(H,3,4)/b16-10-;. The van der Waals surface area contributed by atoms with Gasteiger partial charge < -0.3 is 14.4 Å².